The molecule has 0 saturated heterocycles. The van der Waals surface area contributed by atoms with Gasteiger partial charge in [-0.3, -0.25) is 4.68 Å². The lowest BCUT2D eigenvalue weighted by Gasteiger charge is -2.10. The van der Waals surface area contributed by atoms with Gasteiger partial charge in [-0.25, -0.2) is 9.97 Å². The van der Waals surface area contributed by atoms with Gasteiger partial charge in [0.15, 0.2) is 0 Å². The first kappa shape index (κ1) is 13.5. The summed E-state index contributed by atoms with van der Waals surface area (Å²) in [5.74, 6) is 0.815. The van der Waals surface area contributed by atoms with Crippen molar-refractivity contribution in [1.82, 2.24) is 19.7 Å². The normalized spacial score (nSPS) is 11.3. The summed E-state index contributed by atoms with van der Waals surface area (Å²) in [6.07, 6.45) is 1.59. The van der Waals surface area contributed by atoms with Gasteiger partial charge in [0.1, 0.15) is 12.1 Å². The molecule has 2 heterocycles. The molecule has 2 aromatic heterocycles. The first-order chi connectivity index (χ1) is 10.1. The summed E-state index contributed by atoms with van der Waals surface area (Å²) in [6.45, 7) is 8.34. The van der Waals surface area contributed by atoms with Crippen LogP contribution in [0.2, 0.25) is 0 Å². The summed E-state index contributed by atoms with van der Waals surface area (Å²) < 4.78 is 2.03. The Balaban J connectivity index is 2.07. The minimum atomic E-state index is 0.335. The number of rotatable bonds is 3. The largest absolute Gasteiger partial charge is 0.337 e. The molecule has 0 aliphatic rings. The highest BCUT2D eigenvalue weighted by Gasteiger charge is 2.15. The molecule has 3 aromatic rings. The number of aromatic nitrogens is 4. The number of para-hydroxylation sites is 1. The van der Waals surface area contributed by atoms with Gasteiger partial charge >= 0.3 is 0 Å². The molecule has 0 saturated carbocycles. The van der Waals surface area contributed by atoms with Crippen molar-refractivity contribution >= 4 is 22.4 Å². The van der Waals surface area contributed by atoms with E-state index in [0.29, 0.717) is 6.04 Å². The molecule has 0 aliphatic heterocycles. The van der Waals surface area contributed by atoms with Crippen LogP contribution in [-0.4, -0.2) is 19.7 Å². The fourth-order valence-corrected chi connectivity index (χ4v) is 2.57. The summed E-state index contributed by atoms with van der Waals surface area (Å²) in [5, 5.41) is 9.03. The fourth-order valence-electron chi connectivity index (χ4n) is 2.57. The minimum Gasteiger partial charge on any atom is -0.337 e. The number of nitrogens with zero attached hydrogens (tertiary/aromatic N) is 4. The molecule has 0 unspecified atom stereocenters. The Labute approximate surface area is 124 Å². The standard InChI is InChI=1S/C16H19N5/c1-10(2)21-12(4)15(11(3)20-21)19-16-13-7-5-6-8-14(13)17-9-18-16/h5-10H,1-4H3,(H,17,18,19). The maximum Gasteiger partial charge on any atom is 0.141 e. The van der Waals surface area contributed by atoms with Crippen LogP contribution in [0.5, 0.6) is 0 Å². The average molecular weight is 281 g/mol. The molecule has 0 bridgehead atoms. The average Bonchev–Trinajstić information content (AvgIpc) is 2.76. The number of anilines is 2. The van der Waals surface area contributed by atoms with Gasteiger partial charge in [-0.05, 0) is 39.8 Å². The predicted octanol–water partition coefficient (Wildman–Crippen LogP) is 3.77. The second kappa shape index (κ2) is 5.16. The third-order valence-corrected chi connectivity index (χ3v) is 3.60. The van der Waals surface area contributed by atoms with E-state index in [2.05, 4.69) is 41.2 Å². The third kappa shape index (κ3) is 2.35. The van der Waals surface area contributed by atoms with Crippen molar-refractivity contribution in [2.24, 2.45) is 0 Å². The summed E-state index contributed by atoms with van der Waals surface area (Å²) in [7, 11) is 0. The molecule has 5 heteroatoms. The van der Waals surface area contributed by atoms with Crippen LogP contribution in [0.3, 0.4) is 0 Å². The van der Waals surface area contributed by atoms with E-state index in [9.17, 15) is 0 Å². The van der Waals surface area contributed by atoms with Crippen LogP contribution in [0, 0.1) is 13.8 Å². The predicted molar refractivity (Wildman–Crippen MR) is 84.9 cm³/mol. The van der Waals surface area contributed by atoms with E-state index in [1.54, 1.807) is 6.33 Å². The van der Waals surface area contributed by atoms with Crippen molar-refractivity contribution in [3.8, 4) is 0 Å². The van der Waals surface area contributed by atoms with Gasteiger partial charge in [0.05, 0.1) is 22.6 Å². The van der Waals surface area contributed by atoms with Gasteiger partial charge in [-0.2, -0.15) is 5.10 Å². The Bertz CT molecular complexity index is 783. The zero-order valence-electron chi connectivity index (χ0n) is 12.8. The Hall–Kier alpha value is -2.43. The molecule has 5 nitrogen and oxygen atoms in total. The molecular formula is C16H19N5. The van der Waals surface area contributed by atoms with Crippen LogP contribution in [-0.2, 0) is 0 Å². The Morgan fingerprint density at radius 1 is 1.10 bits per heavy atom. The highest BCUT2D eigenvalue weighted by Crippen LogP contribution is 2.28. The molecule has 0 amide bonds. The number of hydrogen-bond acceptors (Lipinski definition) is 4. The monoisotopic (exact) mass is 281 g/mol. The maximum atomic E-state index is 4.60. The Kier molecular flexibility index (Phi) is 3.33. The van der Waals surface area contributed by atoms with Crippen molar-refractivity contribution in [3.63, 3.8) is 0 Å². The highest BCUT2D eigenvalue weighted by atomic mass is 15.3. The van der Waals surface area contributed by atoms with Gasteiger partial charge in [-0.15, -0.1) is 0 Å². The topological polar surface area (TPSA) is 55.6 Å². The van der Waals surface area contributed by atoms with Gasteiger partial charge in [0.2, 0.25) is 0 Å². The van der Waals surface area contributed by atoms with E-state index in [1.807, 2.05) is 35.9 Å². The second-order valence-electron chi connectivity index (χ2n) is 5.45. The van der Waals surface area contributed by atoms with Crippen LogP contribution in [0.15, 0.2) is 30.6 Å². The zero-order valence-corrected chi connectivity index (χ0v) is 12.8. The van der Waals surface area contributed by atoms with Crippen molar-refractivity contribution < 1.29 is 0 Å². The first-order valence-corrected chi connectivity index (χ1v) is 7.10. The number of hydrogen-bond donors (Lipinski definition) is 1. The van der Waals surface area contributed by atoms with E-state index in [-0.39, 0.29) is 0 Å². The lowest BCUT2D eigenvalue weighted by atomic mass is 10.2. The molecule has 0 fully saturated rings. The lowest BCUT2D eigenvalue weighted by Crippen LogP contribution is -2.05. The van der Waals surface area contributed by atoms with Crippen molar-refractivity contribution in [3.05, 3.63) is 42.0 Å². The molecule has 1 N–H and O–H groups in total. The lowest BCUT2D eigenvalue weighted by molar-refractivity contribution is 0.516. The SMILES string of the molecule is Cc1nn(C(C)C)c(C)c1Nc1ncnc2ccccc12. The van der Waals surface area contributed by atoms with Gasteiger partial charge in [-0.1, -0.05) is 12.1 Å². The summed E-state index contributed by atoms with van der Waals surface area (Å²) >= 11 is 0. The van der Waals surface area contributed by atoms with Crippen molar-refractivity contribution in [2.75, 3.05) is 5.32 Å². The van der Waals surface area contributed by atoms with Crippen molar-refractivity contribution in [1.29, 1.82) is 0 Å². The Morgan fingerprint density at radius 3 is 2.57 bits per heavy atom. The smallest absolute Gasteiger partial charge is 0.141 e. The molecular weight excluding hydrogens is 262 g/mol. The molecule has 21 heavy (non-hydrogen) atoms. The molecule has 0 radical (unpaired) electrons. The number of benzene rings is 1. The van der Waals surface area contributed by atoms with Gasteiger partial charge in [0, 0.05) is 11.4 Å². The molecule has 3 rings (SSSR count). The molecule has 108 valence electrons. The second-order valence-corrected chi connectivity index (χ2v) is 5.45. The van der Waals surface area contributed by atoms with E-state index in [1.165, 1.54) is 0 Å². The minimum absolute atomic E-state index is 0.335. The van der Waals surface area contributed by atoms with Gasteiger partial charge < -0.3 is 5.32 Å². The molecule has 1 aromatic carbocycles. The molecule has 0 atom stereocenters. The molecule has 0 aliphatic carbocycles. The van der Waals surface area contributed by atoms with Crippen LogP contribution >= 0.6 is 0 Å². The summed E-state index contributed by atoms with van der Waals surface area (Å²) in [4.78, 5) is 8.67. The van der Waals surface area contributed by atoms with E-state index < -0.39 is 0 Å². The Morgan fingerprint density at radius 2 is 1.86 bits per heavy atom. The number of aryl methyl sites for hydroxylation is 1. The highest BCUT2D eigenvalue weighted by molar-refractivity contribution is 5.90. The zero-order chi connectivity index (χ0) is 15.0. The van der Waals surface area contributed by atoms with Crippen molar-refractivity contribution in [2.45, 2.75) is 33.7 Å². The van der Waals surface area contributed by atoms with Crippen LogP contribution in [0.4, 0.5) is 11.5 Å². The van der Waals surface area contributed by atoms with Gasteiger partial charge in [0.25, 0.3) is 0 Å². The maximum absolute atomic E-state index is 4.60. The summed E-state index contributed by atoms with van der Waals surface area (Å²) in [6, 6.07) is 8.32. The quantitative estimate of drug-likeness (QED) is 0.794. The van der Waals surface area contributed by atoms with E-state index in [4.69, 9.17) is 0 Å². The number of nitrogens with one attached hydrogen (secondary N) is 1. The molecule has 0 spiro atoms. The van der Waals surface area contributed by atoms with E-state index >= 15 is 0 Å². The van der Waals surface area contributed by atoms with Crippen LogP contribution in [0.1, 0.15) is 31.3 Å². The van der Waals surface area contributed by atoms with E-state index in [0.717, 1.165) is 33.8 Å². The third-order valence-electron chi connectivity index (χ3n) is 3.60. The van der Waals surface area contributed by atoms with Crippen LogP contribution in [0.25, 0.3) is 10.9 Å². The first-order valence-electron chi connectivity index (χ1n) is 7.10. The number of fused-ring (bicyclic) bond motifs is 1. The van der Waals surface area contributed by atoms with Crippen LogP contribution < -0.4 is 5.32 Å². The fraction of sp³-hybridized carbons (Fsp3) is 0.312. The summed E-state index contributed by atoms with van der Waals surface area (Å²) in [5.41, 5.74) is 4.04.